The Labute approximate surface area is 139 Å². The maximum absolute atomic E-state index is 11.2. The van der Waals surface area contributed by atoms with E-state index in [0.29, 0.717) is 6.42 Å². The topological polar surface area (TPSA) is 136 Å². The first-order chi connectivity index (χ1) is 11.6. The summed E-state index contributed by atoms with van der Waals surface area (Å²) in [5.74, 6) is 4.89. The fraction of sp³-hybridized carbons (Fsp3) is 0.125. The molecule has 0 aliphatic heterocycles. The van der Waals surface area contributed by atoms with Crippen molar-refractivity contribution in [2.24, 2.45) is 5.84 Å². The predicted molar refractivity (Wildman–Crippen MR) is 83.0 cm³/mol. The van der Waals surface area contributed by atoms with Crippen LogP contribution in [0.25, 0.3) is 0 Å². The Morgan fingerprint density at radius 1 is 1.17 bits per heavy atom. The lowest BCUT2D eigenvalue weighted by Crippen LogP contribution is -2.35. The molecule has 0 fully saturated rings. The first-order valence-electron chi connectivity index (χ1n) is 6.76. The van der Waals surface area contributed by atoms with Crippen LogP contribution < -0.4 is 20.9 Å². The summed E-state index contributed by atoms with van der Waals surface area (Å²) in [6.45, 7) is 0.0406. The highest BCUT2D eigenvalue weighted by Gasteiger charge is 2.07. The molecule has 1 amide bonds. The van der Waals surface area contributed by atoms with Crippen molar-refractivity contribution in [3.63, 3.8) is 0 Å². The van der Waals surface area contributed by atoms with Gasteiger partial charge in [-0.3, -0.25) is 15.0 Å². The second-order valence-electron chi connectivity index (χ2n) is 4.32. The summed E-state index contributed by atoms with van der Waals surface area (Å²) in [6, 6.07) is 14.0. The molecule has 1 aromatic carbocycles. The van der Waals surface area contributed by atoms with E-state index in [2.05, 4.69) is 22.1 Å². The van der Waals surface area contributed by atoms with Gasteiger partial charge in [0.1, 0.15) is 0 Å². The van der Waals surface area contributed by atoms with Gasteiger partial charge in [-0.15, -0.1) is 0 Å². The summed E-state index contributed by atoms with van der Waals surface area (Å²) in [4.78, 5) is 27.8. The molecule has 0 aliphatic carbocycles. The molecule has 0 atom stereocenters. The largest absolute Gasteiger partial charge is 0.554 e. The third-order valence-corrected chi connectivity index (χ3v) is 2.65. The van der Waals surface area contributed by atoms with Crippen molar-refractivity contribution in [2.75, 3.05) is 0 Å². The summed E-state index contributed by atoms with van der Waals surface area (Å²) in [5.41, 5.74) is 4.30. The van der Waals surface area contributed by atoms with E-state index < -0.39 is 6.47 Å². The van der Waals surface area contributed by atoms with E-state index in [1.54, 1.807) is 0 Å². The minimum absolute atomic E-state index is 0.188. The van der Waals surface area contributed by atoms with Crippen LogP contribution in [0, 0.1) is 0 Å². The van der Waals surface area contributed by atoms with Crippen LogP contribution in [0.15, 0.2) is 54.9 Å². The molecule has 4 N–H and O–H groups in total. The number of hydrogen-bond acceptors (Lipinski definition) is 5. The number of carbonyl (C=O) groups excluding carboxylic acids is 2. The average molecular weight is 333 g/mol. The Kier molecular flexibility index (Phi) is 11.6. The molecule has 0 saturated carbocycles. The molecule has 8 nitrogen and oxygen atoms in total. The molecule has 2 aromatic rings. The van der Waals surface area contributed by atoms with E-state index in [0.717, 1.165) is 12.1 Å². The fourth-order valence-electron chi connectivity index (χ4n) is 1.81. The maximum Gasteiger partial charge on any atom is 0.290 e. The van der Waals surface area contributed by atoms with Gasteiger partial charge in [-0.25, -0.2) is 10.4 Å². The normalized spacial score (nSPS) is 8.54. The molecule has 0 radical (unpaired) electrons. The maximum atomic E-state index is 11.2. The zero-order valence-electron chi connectivity index (χ0n) is 12.9. The van der Waals surface area contributed by atoms with E-state index in [4.69, 9.17) is 25.6 Å². The van der Waals surface area contributed by atoms with Gasteiger partial charge < -0.3 is 15.0 Å². The quantitative estimate of drug-likeness (QED) is 0.207. The zero-order valence-corrected chi connectivity index (χ0v) is 12.9. The Balaban J connectivity index is 0.000000772. The van der Waals surface area contributed by atoms with Crippen molar-refractivity contribution in [3.05, 3.63) is 66.0 Å². The number of nitrogens with one attached hydrogen (secondary N) is 1. The molecule has 1 aromatic heterocycles. The SMILES string of the molecule is NNC(=O)Cc1ccc[n+](Cc2ccccc2)c1.O=CO.O=C[O-]. The van der Waals surface area contributed by atoms with Gasteiger partial charge in [-0.1, -0.05) is 30.3 Å². The van der Waals surface area contributed by atoms with Crippen LogP contribution in [0.2, 0.25) is 0 Å². The number of hydrazine groups is 1. The Hall–Kier alpha value is -3.26. The Bertz CT molecular complexity index is 614. The van der Waals surface area contributed by atoms with Crippen LogP contribution in [0.1, 0.15) is 11.1 Å². The summed E-state index contributed by atoms with van der Waals surface area (Å²) in [7, 11) is 0. The number of amides is 1. The van der Waals surface area contributed by atoms with Crippen LogP contribution in [0.4, 0.5) is 0 Å². The monoisotopic (exact) mass is 333 g/mol. The van der Waals surface area contributed by atoms with Gasteiger partial charge in [-0.2, -0.15) is 0 Å². The number of hydrogen-bond donors (Lipinski definition) is 3. The number of pyridine rings is 1. The number of benzene rings is 1. The first-order valence-corrected chi connectivity index (χ1v) is 6.76. The molecule has 0 unspecified atom stereocenters. The lowest BCUT2D eigenvalue weighted by molar-refractivity contribution is -0.688. The molecular formula is C16H19N3O5. The molecule has 0 bridgehead atoms. The number of aromatic nitrogens is 1. The lowest BCUT2D eigenvalue weighted by atomic mass is 10.2. The average Bonchev–Trinajstić information content (AvgIpc) is 2.57. The second kappa shape index (κ2) is 13.4. The number of nitrogens with zero attached hydrogens (tertiary/aromatic N) is 1. The van der Waals surface area contributed by atoms with E-state index in [1.807, 2.05) is 42.7 Å². The van der Waals surface area contributed by atoms with Crippen LogP contribution in [-0.2, 0) is 27.3 Å². The zero-order chi connectivity index (χ0) is 18.2. The molecular weight excluding hydrogens is 314 g/mol. The molecule has 0 aliphatic rings. The molecule has 0 saturated heterocycles. The summed E-state index contributed by atoms with van der Waals surface area (Å²) < 4.78 is 2.05. The molecule has 0 spiro atoms. The van der Waals surface area contributed by atoms with Crippen molar-refractivity contribution in [1.29, 1.82) is 0 Å². The number of rotatable bonds is 4. The van der Waals surface area contributed by atoms with Crippen molar-refractivity contribution in [1.82, 2.24) is 5.43 Å². The highest BCUT2D eigenvalue weighted by atomic mass is 16.3. The van der Waals surface area contributed by atoms with Crippen LogP contribution in [-0.4, -0.2) is 24.0 Å². The van der Waals surface area contributed by atoms with Gasteiger partial charge in [0.25, 0.3) is 6.47 Å². The lowest BCUT2D eigenvalue weighted by Gasteiger charge is -2.01. The van der Waals surface area contributed by atoms with Gasteiger partial charge in [0.2, 0.25) is 5.91 Å². The number of carbonyl (C=O) groups is 3. The predicted octanol–water partition coefficient (Wildman–Crippen LogP) is -1.38. The Morgan fingerprint density at radius 2 is 1.71 bits per heavy atom. The van der Waals surface area contributed by atoms with E-state index >= 15 is 0 Å². The third kappa shape index (κ3) is 9.64. The van der Waals surface area contributed by atoms with E-state index in [1.165, 1.54) is 5.56 Å². The molecule has 1 heterocycles. The summed E-state index contributed by atoms with van der Waals surface area (Å²) >= 11 is 0. The van der Waals surface area contributed by atoms with Crippen molar-refractivity contribution < 1.29 is 29.2 Å². The number of carboxylic acid groups (broad SMARTS) is 2. The van der Waals surface area contributed by atoms with Gasteiger partial charge in [-0.05, 0) is 6.07 Å². The van der Waals surface area contributed by atoms with Gasteiger partial charge >= 0.3 is 0 Å². The van der Waals surface area contributed by atoms with Gasteiger partial charge in [0.05, 0.1) is 6.42 Å². The van der Waals surface area contributed by atoms with E-state index in [9.17, 15) is 4.79 Å². The smallest absolute Gasteiger partial charge is 0.290 e. The Morgan fingerprint density at radius 3 is 2.25 bits per heavy atom. The van der Waals surface area contributed by atoms with Crippen LogP contribution >= 0.6 is 0 Å². The van der Waals surface area contributed by atoms with Crippen molar-refractivity contribution in [2.45, 2.75) is 13.0 Å². The molecule has 2 rings (SSSR count). The van der Waals surface area contributed by atoms with Crippen molar-refractivity contribution in [3.8, 4) is 0 Å². The summed E-state index contributed by atoms with van der Waals surface area (Å²) in [6.07, 6.45) is 4.24. The van der Waals surface area contributed by atoms with Gasteiger partial charge in [0.15, 0.2) is 18.9 Å². The van der Waals surface area contributed by atoms with Crippen LogP contribution in [0.5, 0.6) is 0 Å². The van der Waals surface area contributed by atoms with E-state index in [-0.39, 0.29) is 12.4 Å². The first kappa shape index (κ1) is 20.7. The summed E-state index contributed by atoms with van der Waals surface area (Å²) in [5, 5.41) is 15.1. The molecule has 24 heavy (non-hydrogen) atoms. The fourth-order valence-corrected chi connectivity index (χ4v) is 1.81. The third-order valence-electron chi connectivity index (χ3n) is 2.65. The van der Waals surface area contributed by atoms with Crippen LogP contribution in [0.3, 0.4) is 0 Å². The minimum atomic E-state index is -0.500. The minimum Gasteiger partial charge on any atom is -0.554 e. The highest BCUT2D eigenvalue weighted by molar-refractivity contribution is 5.77. The van der Waals surface area contributed by atoms with Crippen molar-refractivity contribution >= 4 is 18.9 Å². The standard InChI is InChI=1S/C14H15N3O.2CH2O2/c15-16-14(18)9-13-7-4-8-17(11-13)10-12-5-2-1-3-6-12;2*2-1-3/h1-8,11H,9-10,15H2;2*1H,(H,2,3). The van der Waals surface area contributed by atoms with Gasteiger partial charge in [0, 0.05) is 23.7 Å². The molecule has 8 heteroatoms. The second-order valence-corrected chi connectivity index (χ2v) is 4.32. The highest BCUT2D eigenvalue weighted by Crippen LogP contribution is 2.00. The number of nitrogens with two attached hydrogens (primary N) is 1. The molecule has 128 valence electrons.